The summed E-state index contributed by atoms with van der Waals surface area (Å²) in [4.78, 5) is 17.0. The summed E-state index contributed by atoms with van der Waals surface area (Å²) in [5.74, 6) is 0.225. The van der Waals surface area contributed by atoms with Gasteiger partial charge >= 0.3 is 0 Å². The van der Waals surface area contributed by atoms with Crippen LogP contribution in [0, 0.1) is 0 Å². The van der Waals surface area contributed by atoms with Crippen LogP contribution in [0.15, 0.2) is 36.4 Å². The highest BCUT2D eigenvalue weighted by Crippen LogP contribution is 2.27. The van der Waals surface area contributed by atoms with Crippen molar-refractivity contribution >= 4 is 44.7 Å². The average molecular weight is 347 g/mol. The first-order valence-corrected chi connectivity index (χ1v) is 8.34. The highest BCUT2D eigenvalue weighted by Gasteiger charge is 2.14. The molecule has 0 atom stereocenters. The first-order valence-electron chi connectivity index (χ1n) is 7.15. The number of nitrogens with zero attached hydrogens (tertiary/aromatic N) is 1. The Morgan fingerprint density at radius 3 is 2.87 bits per heavy atom. The molecule has 0 aliphatic heterocycles. The van der Waals surface area contributed by atoms with Gasteiger partial charge in [0.05, 0.1) is 27.9 Å². The SMILES string of the molecule is CCc1nc2ccc(NC(=O)c3cc(Cl)ccc3OC)cc2s1. The molecule has 23 heavy (non-hydrogen) atoms. The fourth-order valence-electron chi connectivity index (χ4n) is 2.26. The minimum absolute atomic E-state index is 0.260. The van der Waals surface area contributed by atoms with Crippen molar-refractivity contribution in [1.82, 2.24) is 4.98 Å². The summed E-state index contributed by atoms with van der Waals surface area (Å²) >= 11 is 7.61. The third-order valence-electron chi connectivity index (χ3n) is 3.40. The first-order chi connectivity index (χ1) is 11.1. The predicted octanol–water partition coefficient (Wildman–Crippen LogP) is 4.77. The van der Waals surface area contributed by atoms with E-state index in [9.17, 15) is 4.79 Å². The number of benzene rings is 2. The number of fused-ring (bicyclic) bond motifs is 1. The van der Waals surface area contributed by atoms with Gasteiger partial charge in [-0.1, -0.05) is 18.5 Å². The number of aromatic nitrogens is 1. The Kier molecular flexibility index (Phi) is 4.50. The van der Waals surface area contributed by atoms with Crippen molar-refractivity contribution < 1.29 is 9.53 Å². The molecule has 3 rings (SSSR count). The van der Waals surface area contributed by atoms with Crippen molar-refractivity contribution in [2.24, 2.45) is 0 Å². The molecule has 1 N–H and O–H groups in total. The Morgan fingerprint density at radius 1 is 1.30 bits per heavy atom. The van der Waals surface area contributed by atoms with Crippen LogP contribution >= 0.6 is 22.9 Å². The molecule has 2 aromatic carbocycles. The van der Waals surface area contributed by atoms with Crippen LogP contribution < -0.4 is 10.1 Å². The molecule has 0 aliphatic carbocycles. The van der Waals surface area contributed by atoms with E-state index >= 15 is 0 Å². The second kappa shape index (κ2) is 6.56. The van der Waals surface area contributed by atoms with Gasteiger partial charge in [-0.2, -0.15) is 0 Å². The number of amides is 1. The Bertz CT molecular complexity index is 876. The topological polar surface area (TPSA) is 51.2 Å². The smallest absolute Gasteiger partial charge is 0.259 e. The van der Waals surface area contributed by atoms with Gasteiger partial charge in [0.25, 0.3) is 5.91 Å². The molecule has 118 valence electrons. The number of hydrogen-bond acceptors (Lipinski definition) is 4. The molecule has 1 aromatic heterocycles. The van der Waals surface area contributed by atoms with Crippen molar-refractivity contribution in [2.75, 3.05) is 12.4 Å². The van der Waals surface area contributed by atoms with E-state index in [1.165, 1.54) is 7.11 Å². The van der Waals surface area contributed by atoms with E-state index in [-0.39, 0.29) is 5.91 Å². The van der Waals surface area contributed by atoms with Crippen molar-refractivity contribution in [3.05, 3.63) is 52.0 Å². The van der Waals surface area contributed by atoms with Gasteiger partial charge in [-0.3, -0.25) is 4.79 Å². The number of aryl methyl sites for hydroxylation is 1. The molecule has 1 heterocycles. The van der Waals surface area contributed by atoms with E-state index in [4.69, 9.17) is 16.3 Å². The quantitative estimate of drug-likeness (QED) is 0.740. The first kappa shape index (κ1) is 15.8. The number of ether oxygens (including phenoxy) is 1. The third-order valence-corrected chi connectivity index (χ3v) is 4.80. The van der Waals surface area contributed by atoms with Crippen LogP contribution in [0.4, 0.5) is 5.69 Å². The molecule has 0 spiro atoms. The summed E-state index contributed by atoms with van der Waals surface area (Å²) in [6, 6.07) is 10.6. The average Bonchev–Trinajstić information content (AvgIpc) is 2.97. The van der Waals surface area contributed by atoms with E-state index in [2.05, 4.69) is 17.2 Å². The van der Waals surface area contributed by atoms with Gasteiger partial charge in [0, 0.05) is 10.7 Å². The van der Waals surface area contributed by atoms with Gasteiger partial charge in [0.1, 0.15) is 5.75 Å². The lowest BCUT2D eigenvalue weighted by molar-refractivity contribution is 0.102. The van der Waals surface area contributed by atoms with Crippen molar-refractivity contribution in [3.63, 3.8) is 0 Å². The fraction of sp³-hybridized carbons (Fsp3) is 0.176. The van der Waals surface area contributed by atoms with Crippen LogP contribution in [0.5, 0.6) is 5.75 Å². The molecule has 0 fully saturated rings. The third kappa shape index (κ3) is 3.30. The number of rotatable bonds is 4. The van der Waals surface area contributed by atoms with Gasteiger partial charge in [-0.25, -0.2) is 4.98 Å². The maximum absolute atomic E-state index is 12.5. The van der Waals surface area contributed by atoms with E-state index in [1.54, 1.807) is 29.5 Å². The number of thiazole rings is 1. The number of methoxy groups -OCH3 is 1. The van der Waals surface area contributed by atoms with Crippen molar-refractivity contribution in [3.8, 4) is 5.75 Å². The predicted molar refractivity (Wildman–Crippen MR) is 95.0 cm³/mol. The molecular weight excluding hydrogens is 332 g/mol. The molecule has 0 unspecified atom stereocenters. The lowest BCUT2D eigenvalue weighted by Crippen LogP contribution is -2.13. The molecule has 4 nitrogen and oxygen atoms in total. The summed E-state index contributed by atoms with van der Waals surface area (Å²) < 4.78 is 6.27. The number of carbonyl (C=O) groups is 1. The van der Waals surface area contributed by atoms with Crippen molar-refractivity contribution in [2.45, 2.75) is 13.3 Å². The normalized spacial score (nSPS) is 10.7. The number of carbonyl (C=O) groups excluding carboxylic acids is 1. The van der Waals surface area contributed by atoms with E-state index in [0.717, 1.165) is 27.3 Å². The van der Waals surface area contributed by atoms with E-state index in [1.807, 2.05) is 18.2 Å². The standard InChI is InChI=1S/C17H15ClN2O2S/c1-3-16-20-13-6-5-11(9-15(13)23-16)19-17(21)12-8-10(18)4-7-14(12)22-2/h4-9H,3H2,1-2H3,(H,19,21). The minimum atomic E-state index is -0.260. The Morgan fingerprint density at radius 2 is 2.13 bits per heavy atom. The zero-order valence-corrected chi connectivity index (χ0v) is 14.3. The number of hydrogen-bond donors (Lipinski definition) is 1. The van der Waals surface area contributed by atoms with Gasteiger partial charge < -0.3 is 10.1 Å². The highest BCUT2D eigenvalue weighted by atomic mass is 35.5. The van der Waals surface area contributed by atoms with Gasteiger partial charge in [-0.15, -0.1) is 11.3 Å². The molecular formula is C17H15ClN2O2S. The summed E-state index contributed by atoms with van der Waals surface area (Å²) in [6.07, 6.45) is 0.904. The van der Waals surface area contributed by atoms with Crippen molar-refractivity contribution in [1.29, 1.82) is 0 Å². The maximum atomic E-state index is 12.5. The fourth-order valence-corrected chi connectivity index (χ4v) is 3.38. The van der Waals surface area contributed by atoms with Crippen LogP contribution in [-0.4, -0.2) is 18.0 Å². The number of anilines is 1. The lowest BCUT2D eigenvalue weighted by Gasteiger charge is -2.09. The molecule has 6 heteroatoms. The van der Waals surface area contributed by atoms with Crippen LogP contribution in [0.1, 0.15) is 22.3 Å². The van der Waals surface area contributed by atoms with Crippen LogP contribution in [-0.2, 0) is 6.42 Å². The summed E-state index contributed by atoms with van der Waals surface area (Å²) in [5, 5.41) is 4.45. The molecule has 0 bridgehead atoms. The molecule has 3 aromatic rings. The molecule has 1 amide bonds. The zero-order valence-electron chi connectivity index (χ0n) is 12.7. The number of halogens is 1. The van der Waals surface area contributed by atoms with Crippen LogP contribution in [0.3, 0.4) is 0 Å². The minimum Gasteiger partial charge on any atom is -0.496 e. The Balaban J connectivity index is 1.89. The Labute approximate surface area is 143 Å². The van der Waals surface area contributed by atoms with Gasteiger partial charge in [0.15, 0.2) is 0 Å². The summed E-state index contributed by atoms with van der Waals surface area (Å²) in [6.45, 7) is 2.08. The Hall–Kier alpha value is -2.11. The monoisotopic (exact) mass is 346 g/mol. The molecule has 0 radical (unpaired) electrons. The highest BCUT2D eigenvalue weighted by molar-refractivity contribution is 7.18. The zero-order chi connectivity index (χ0) is 16.4. The second-order valence-electron chi connectivity index (χ2n) is 4.94. The van der Waals surface area contributed by atoms with Gasteiger partial charge in [-0.05, 0) is 42.8 Å². The summed E-state index contributed by atoms with van der Waals surface area (Å²) in [7, 11) is 1.52. The maximum Gasteiger partial charge on any atom is 0.259 e. The van der Waals surface area contributed by atoms with Crippen LogP contribution in [0.2, 0.25) is 5.02 Å². The summed E-state index contributed by atoms with van der Waals surface area (Å²) in [5.41, 5.74) is 2.07. The molecule has 0 saturated carbocycles. The van der Waals surface area contributed by atoms with E-state index in [0.29, 0.717) is 16.3 Å². The molecule has 0 aliphatic rings. The number of nitrogens with one attached hydrogen (secondary N) is 1. The lowest BCUT2D eigenvalue weighted by atomic mass is 10.2. The largest absolute Gasteiger partial charge is 0.496 e. The molecule has 0 saturated heterocycles. The van der Waals surface area contributed by atoms with Gasteiger partial charge in [0.2, 0.25) is 0 Å². The van der Waals surface area contributed by atoms with E-state index < -0.39 is 0 Å². The second-order valence-corrected chi connectivity index (χ2v) is 6.49. The van der Waals surface area contributed by atoms with Crippen LogP contribution in [0.25, 0.3) is 10.2 Å².